The van der Waals surface area contributed by atoms with Gasteiger partial charge in [0, 0.05) is 68.4 Å². The topological polar surface area (TPSA) is 102 Å². The van der Waals surface area contributed by atoms with Gasteiger partial charge in [0.25, 0.3) is 5.91 Å². The normalized spacial score (nSPS) is 17.1. The standard InChI is InChI=1S/C28H30FN7O2/c29-24-17-31-28(33-27(24)36-18-23(26(30)37)22-6-1-2-7-25(22)36)32-19-4-3-5-21(16-19)35-12-10-34(11-13-35)20-8-14-38-15-9-20/h1-7,16-18,20H,8-15H2,(H2,30,37)(H,31,32,33). The smallest absolute Gasteiger partial charge is 0.250 e. The van der Waals surface area contributed by atoms with Crippen molar-refractivity contribution in [3.8, 4) is 5.82 Å². The van der Waals surface area contributed by atoms with E-state index in [1.54, 1.807) is 18.2 Å². The molecule has 6 rings (SSSR count). The molecule has 1 amide bonds. The number of aromatic nitrogens is 3. The third-order valence-electron chi connectivity index (χ3n) is 7.42. The first-order chi connectivity index (χ1) is 18.6. The summed E-state index contributed by atoms with van der Waals surface area (Å²) in [5.41, 5.74) is 8.42. The van der Waals surface area contributed by atoms with Crippen molar-refractivity contribution in [1.29, 1.82) is 0 Å². The molecular formula is C28H30FN7O2. The van der Waals surface area contributed by atoms with E-state index in [0.717, 1.165) is 69.8 Å². The van der Waals surface area contributed by atoms with Crippen molar-refractivity contribution in [1.82, 2.24) is 19.4 Å². The van der Waals surface area contributed by atoms with E-state index in [2.05, 4.69) is 37.2 Å². The van der Waals surface area contributed by atoms with Crippen molar-refractivity contribution in [3.63, 3.8) is 0 Å². The molecule has 196 valence electrons. The van der Waals surface area contributed by atoms with Crippen LogP contribution in [0, 0.1) is 5.82 Å². The van der Waals surface area contributed by atoms with Gasteiger partial charge < -0.3 is 20.7 Å². The maximum absolute atomic E-state index is 14.9. The van der Waals surface area contributed by atoms with Gasteiger partial charge in [0.05, 0.1) is 17.3 Å². The van der Waals surface area contributed by atoms with E-state index in [1.165, 1.54) is 10.8 Å². The Labute approximate surface area is 220 Å². The van der Waals surface area contributed by atoms with Gasteiger partial charge in [0.1, 0.15) is 0 Å². The van der Waals surface area contributed by atoms with Gasteiger partial charge in [0.15, 0.2) is 11.6 Å². The number of rotatable bonds is 6. The molecule has 0 bridgehead atoms. The Morgan fingerprint density at radius 3 is 2.63 bits per heavy atom. The fourth-order valence-electron chi connectivity index (χ4n) is 5.44. The summed E-state index contributed by atoms with van der Waals surface area (Å²) in [7, 11) is 0. The molecule has 2 aromatic heterocycles. The number of nitrogens with two attached hydrogens (primary N) is 1. The number of halogens is 1. The maximum atomic E-state index is 14.9. The molecule has 38 heavy (non-hydrogen) atoms. The molecule has 0 saturated carbocycles. The second kappa shape index (κ2) is 10.4. The highest BCUT2D eigenvalue weighted by molar-refractivity contribution is 6.06. The lowest BCUT2D eigenvalue weighted by Gasteiger charge is -2.41. The highest BCUT2D eigenvalue weighted by atomic mass is 19.1. The minimum Gasteiger partial charge on any atom is -0.381 e. The maximum Gasteiger partial charge on any atom is 0.250 e. The molecule has 10 heteroatoms. The van der Waals surface area contributed by atoms with Crippen molar-refractivity contribution >= 4 is 34.1 Å². The summed E-state index contributed by atoms with van der Waals surface area (Å²) in [5.74, 6) is -0.908. The molecular weight excluding hydrogens is 485 g/mol. The van der Waals surface area contributed by atoms with E-state index in [4.69, 9.17) is 10.5 Å². The van der Waals surface area contributed by atoms with Crippen LogP contribution in [0.15, 0.2) is 60.9 Å². The number of piperazine rings is 1. The number of nitrogens with one attached hydrogen (secondary N) is 1. The Morgan fingerprint density at radius 2 is 1.84 bits per heavy atom. The molecule has 4 heterocycles. The molecule has 4 aromatic rings. The summed E-state index contributed by atoms with van der Waals surface area (Å²) < 4.78 is 21.9. The monoisotopic (exact) mass is 515 g/mol. The number of hydrogen-bond donors (Lipinski definition) is 2. The minimum atomic E-state index is -0.608. The lowest BCUT2D eigenvalue weighted by molar-refractivity contribution is 0.0321. The van der Waals surface area contributed by atoms with Crippen molar-refractivity contribution in [2.24, 2.45) is 5.73 Å². The predicted molar refractivity (Wildman–Crippen MR) is 145 cm³/mol. The molecule has 0 radical (unpaired) electrons. The molecule has 2 aromatic carbocycles. The summed E-state index contributed by atoms with van der Waals surface area (Å²) in [6.07, 6.45) is 4.87. The number of anilines is 3. The zero-order valence-corrected chi connectivity index (χ0v) is 21.0. The lowest BCUT2D eigenvalue weighted by atomic mass is 10.1. The number of nitrogens with zero attached hydrogens (tertiary/aromatic N) is 5. The molecule has 2 aliphatic heterocycles. The number of carbonyl (C=O) groups is 1. The Hall–Kier alpha value is -4.02. The average molecular weight is 516 g/mol. The minimum absolute atomic E-state index is 0.0339. The summed E-state index contributed by atoms with van der Waals surface area (Å²) in [6, 6.07) is 15.9. The highest BCUT2D eigenvalue weighted by Crippen LogP contribution is 2.27. The van der Waals surface area contributed by atoms with Crippen LogP contribution in [0.2, 0.25) is 0 Å². The third kappa shape index (κ3) is 4.80. The van der Waals surface area contributed by atoms with E-state index < -0.39 is 11.7 Å². The lowest BCUT2D eigenvalue weighted by Crippen LogP contribution is -2.51. The molecule has 9 nitrogen and oxygen atoms in total. The quantitative estimate of drug-likeness (QED) is 0.404. The second-order valence-corrected chi connectivity index (χ2v) is 9.70. The molecule has 2 saturated heterocycles. The van der Waals surface area contributed by atoms with Crippen LogP contribution in [0.3, 0.4) is 0 Å². The molecule has 2 fully saturated rings. The molecule has 0 atom stereocenters. The van der Waals surface area contributed by atoms with Gasteiger partial charge in [-0.15, -0.1) is 0 Å². The van der Waals surface area contributed by atoms with Crippen molar-refractivity contribution in [2.75, 3.05) is 49.6 Å². The number of fused-ring (bicyclic) bond motifs is 1. The van der Waals surface area contributed by atoms with Gasteiger partial charge >= 0.3 is 0 Å². The zero-order chi connectivity index (χ0) is 26.1. The first-order valence-electron chi connectivity index (χ1n) is 12.9. The first-order valence-corrected chi connectivity index (χ1v) is 12.9. The SMILES string of the molecule is NC(=O)c1cn(-c2nc(Nc3cccc(N4CCN(C5CCOCC5)CC4)c3)ncc2F)c2ccccc12. The molecule has 2 aliphatic rings. The number of primary amides is 1. The Balaban J connectivity index is 1.21. The fourth-order valence-corrected chi connectivity index (χ4v) is 5.44. The van der Waals surface area contributed by atoms with Crippen LogP contribution in [0.25, 0.3) is 16.7 Å². The Kier molecular flexibility index (Phi) is 6.65. The Morgan fingerprint density at radius 1 is 1.05 bits per heavy atom. The van der Waals surface area contributed by atoms with Crippen molar-refractivity contribution in [3.05, 3.63) is 72.3 Å². The molecule has 3 N–H and O–H groups in total. The van der Waals surface area contributed by atoms with Crippen LogP contribution in [0.1, 0.15) is 23.2 Å². The number of hydrogen-bond acceptors (Lipinski definition) is 7. The van der Waals surface area contributed by atoms with Gasteiger partial charge in [0.2, 0.25) is 5.95 Å². The van der Waals surface area contributed by atoms with Gasteiger partial charge in [-0.1, -0.05) is 24.3 Å². The number of amides is 1. The first kappa shape index (κ1) is 24.3. The van der Waals surface area contributed by atoms with Gasteiger partial charge in [-0.3, -0.25) is 14.3 Å². The Bertz CT molecular complexity index is 1460. The molecule has 0 unspecified atom stereocenters. The molecule has 0 spiro atoms. The van der Waals surface area contributed by atoms with Crippen molar-refractivity contribution in [2.45, 2.75) is 18.9 Å². The number of benzene rings is 2. The van der Waals surface area contributed by atoms with E-state index in [-0.39, 0.29) is 11.8 Å². The fraction of sp³-hybridized carbons (Fsp3) is 0.321. The van der Waals surface area contributed by atoms with Crippen LogP contribution in [-0.4, -0.2) is 70.8 Å². The van der Waals surface area contributed by atoms with Crippen LogP contribution >= 0.6 is 0 Å². The largest absolute Gasteiger partial charge is 0.381 e. The number of ether oxygens (including phenoxy) is 1. The molecule has 0 aliphatic carbocycles. The predicted octanol–water partition coefficient (Wildman–Crippen LogP) is 3.70. The summed E-state index contributed by atoms with van der Waals surface area (Å²) in [6.45, 7) is 5.70. The van der Waals surface area contributed by atoms with Crippen LogP contribution in [-0.2, 0) is 4.74 Å². The van der Waals surface area contributed by atoms with Crippen LogP contribution < -0.4 is 16.0 Å². The van der Waals surface area contributed by atoms with E-state index in [1.807, 2.05) is 18.2 Å². The summed E-state index contributed by atoms with van der Waals surface area (Å²) >= 11 is 0. The van der Waals surface area contributed by atoms with E-state index >= 15 is 0 Å². The number of para-hydroxylation sites is 1. The second-order valence-electron chi connectivity index (χ2n) is 9.70. The van der Waals surface area contributed by atoms with Crippen LogP contribution in [0.4, 0.5) is 21.7 Å². The summed E-state index contributed by atoms with van der Waals surface area (Å²) in [5, 5.41) is 3.85. The van der Waals surface area contributed by atoms with E-state index in [9.17, 15) is 9.18 Å². The zero-order valence-electron chi connectivity index (χ0n) is 21.0. The van der Waals surface area contributed by atoms with Crippen molar-refractivity contribution < 1.29 is 13.9 Å². The van der Waals surface area contributed by atoms with Crippen LogP contribution in [0.5, 0.6) is 0 Å². The van der Waals surface area contributed by atoms with Gasteiger partial charge in [-0.05, 0) is 37.1 Å². The van der Waals surface area contributed by atoms with Gasteiger partial charge in [-0.2, -0.15) is 4.98 Å². The average Bonchev–Trinajstić information content (AvgIpc) is 3.35. The summed E-state index contributed by atoms with van der Waals surface area (Å²) in [4.78, 5) is 25.5. The van der Waals surface area contributed by atoms with E-state index in [0.29, 0.717) is 22.5 Å². The highest BCUT2D eigenvalue weighted by Gasteiger charge is 2.25. The third-order valence-corrected chi connectivity index (χ3v) is 7.42. The number of carbonyl (C=O) groups excluding carboxylic acids is 1. The van der Waals surface area contributed by atoms with Gasteiger partial charge in [-0.25, -0.2) is 9.37 Å².